The van der Waals surface area contributed by atoms with Crippen molar-refractivity contribution >= 4 is 15.9 Å². The third kappa shape index (κ3) is 3.81. The Morgan fingerprint density at radius 2 is 2.35 bits per heavy atom. The van der Waals surface area contributed by atoms with E-state index in [4.69, 9.17) is 10.00 Å². The summed E-state index contributed by atoms with van der Waals surface area (Å²) in [4.78, 5) is 2.30. The molecule has 6 heteroatoms. The first-order valence-electron chi connectivity index (χ1n) is 6.98. The molecule has 0 bridgehead atoms. The van der Waals surface area contributed by atoms with Gasteiger partial charge in [-0.05, 0) is 42.1 Å². The van der Waals surface area contributed by atoms with Gasteiger partial charge in [0, 0.05) is 26.1 Å². The molecule has 2 heterocycles. The summed E-state index contributed by atoms with van der Waals surface area (Å²) in [5.41, 5.74) is 2.14. The predicted molar refractivity (Wildman–Crippen MR) is 80.1 cm³/mol. The molecule has 5 nitrogen and oxygen atoms in total. The van der Waals surface area contributed by atoms with E-state index in [-0.39, 0.29) is 0 Å². The Morgan fingerprint density at radius 1 is 1.55 bits per heavy atom. The van der Waals surface area contributed by atoms with Gasteiger partial charge in [-0.3, -0.25) is 9.58 Å². The fraction of sp³-hybridized carbons (Fsp3) is 0.714. The third-order valence-corrected chi connectivity index (χ3v) is 4.85. The van der Waals surface area contributed by atoms with Crippen molar-refractivity contribution < 1.29 is 4.74 Å². The zero-order valence-electron chi connectivity index (χ0n) is 12.1. The van der Waals surface area contributed by atoms with Crippen LogP contribution in [-0.2, 0) is 11.4 Å². The number of nitrogens with zero attached hydrogens (tertiary/aromatic N) is 4. The van der Waals surface area contributed by atoms with Gasteiger partial charge in [0.25, 0.3) is 0 Å². The van der Waals surface area contributed by atoms with E-state index >= 15 is 0 Å². The van der Waals surface area contributed by atoms with Gasteiger partial charge in [0.2, 0.25) is 0 Å². The fourth-order valence-corrected chi connectivity index (χ4v) is 2.81. The molecule has 0 aliphatic carbocycles. The Hall–Kier alpha value is -0.900. The first-order chi connectivity index (χ1) is 9.61. The van der Waals surface area contributed by atoms with Crippen LogP contribution in [-0.4, -0.2) is 41.0 Å². The van der Waals surface area contributed by atoms with Crippen LogP contribution in [0, 0.1) is 31.1 Å². The van der Waals surface area contributed by atoms with Crippen LogP contribution in [0.3, 0.4) is 0 Å². The number of hydrogen-bond acceptors (Lipinski definition) is 4. The third-order valence-electron chi connectivity index (χ3n) is 3.71. The van der Waals surface area contributed by atoms with Crippen LogP contribution in [0.15, 0.2) is 4.47 Å². The topological polar surface area (TPSA) is 54.1 Å². The van der Waals surface area contributed by atoms with E-state index in [2.05, 4.69) is 38.9 Å². The smallest absolute Gasteiger partial charge is 0.0932 e. The van der Waals surface area contributed by atoms with Gasteiger partial charge < -0.3 is 4.74 Å². The maximum Gasteiger partial charge on any atom is 0.0932 e. The lowest BCUT2D eigenvalue weighted by Crippen LogP contribution is -2.33. The van der Waals surface area contributed by atoms with Gasteiger partial charge in [-0.25, -0.2) is 0 Å². The monoisotopic (exact) mass is 340 g/mol. The standard InChI is InChI=1S/C14H21BrN4O/c1-11-14(15)12(2)19(17-11)10-18(6-3-5-16)8-13-4-7-20-9-13/h13H,3-4,6-10H2,1-2H3/t13-/m1/s1. The van der Waals surface area contributed by atoms with Crippen molar-refractivity contribution in [1.82, 2.24) is 14.7 Å². The van der Waals surface area contributed by atoms with Crippen molar-refractivity contribution in [2.45, 2.75) is 33.4 Å². The number of aromatic nitrogens is 2. The Bertz CT molecular complexity index is 488. The normalized spacial score (nSPS) is 18.6. The molecule has 1 aromatic heterocycles. The molecule has 20 heavy (non-hydrogen) atoms. The maximum atomic E-state index is 8.81. The molecule has 0 spiro atoms. The number of halogens is 1. The van der Waals surface area contributed by atoms with Crippen LogP contribution >= 0.6 is 15.9 Å². The van der Waals surface area contributed by atoms with Gasteiger partial charge in [0.1, 0.15) is 0 Å². The van der Waals surface area contributed by atoms with Crippen molar-refractivity contribution in [2.75, 3.05) is 26.3 Å². The van der Waals surface area contributed by atoms with Crippen molar-refractivity contribution in [3.05, 3.63) is 15.9 Å². The van der Waals surface area contributed by atoms with Crippen LogP contribution in [0.1, 0.15) is 24.2 Å². The quantitative estimate of drug-likeness (QED) is 0.798. The second-order valence-corrected chi connectivity index (χ2v) is 6.13. The molecule has 0 aromatic carbocycles. The van der Waals surface area contributed by atoms with Crippen molar-refractivity contribution in [3.63, 3.8) is 0 Å². The van der Waals surface area contributed by atoms with E-state index in [0.717, 1.165) is 55.3 Å². The summed E-state index contributed by atoms with van der Waals surface area (Å²) in [6.07, 6.45) is 1.66. The summed E-state index contributed by atoms with van der Waals surface area (Å²) in [5, 5.41) is 13.4. The Labute approximate surface area is 128 Å². The van der Waals surface area contributed by atoms with Crippen molar-refractivity contribution in [2.24, 2.45) is 5.92 Å². The molecule has 0 amide bonds. The molecule has 1 aliphatic rings. The summed E-state index contributed by atoms with van der Waals surface area (Å²) in [6.45, 7) is 8.24. The summed E-state index contributed by atoms with van der Waals surface area (Å²) in [7, 11) is 0. The molecule has 0 unspecified atom stereocenters. The van der Waals surface area contributed by atoms with Gasteiger partial charge in [0.15, 0.2) is 0 Å². The lowest BCUT2D eigenvalue weighted by molar-refractivity contribution is 0.148. The molecule has 1 aliphatic heterocycles. The SMILES string of the molecule is Cc1nn(CN(CCC#N)C[C@H]2CCOC2)c(C)c1Br. The fourth-order valence-electron chi connectivity index (χ4n) is 2.52. The number of ether oxygens (including phenoxy) is 1. The van der Waals surface area contributed by atoms with Crippen LogP contribution in [0.4, 0.5) is 0 Å². The molecule has 0 N–H and O–H groups in total. The highest BCUT2D eigenvalue weighted by atomic mass is 79.9. The summed E-state index contributed by atoms with van der Waals surface area (Å²) in [5.74, 6) is 0.578. The van der Waals surface area contributed by atoms with E-state index in [1.807, 2.05) is 11.6 Å². The predicted octanol–water partition coefficient (Wildman–Crippen LogP) is 2.47. The van der Waals surface area contributed by atoms with Crippen molar-refractivity contribution in [3.8, 4) is 6.07 Å². The van der Waals surface area contributed by atoms with E-state index in [0.29, 0.717) is 12.3 Å². The van der Waals surface area contributed by atoms with E-state index < -0.39 is 0 Å². The van der Waals surface area contributed by atoms with E-state index in [1.165, 1.54) is 0 Å². The van der Waals surface area contributed by atoms with Gasteiger partial charge in [-0.1, -0.05) is 0 Å². The van der Waals surface area contributed by atoms with E-state index in [9.17, 15) is 0 Å². The zero-order valence-corrected chi connectivity index (χ0v) is 13.7. The van der Waals surface area contributed by atoms with Gasteiger partial charge in [0.05, 0.1) is 35.2 Å². The van der Waals surface area contributed by atoms with Crippen LogP contribution in [0.25, 0.3) is 0 Å². The second-order valence-electron chi connectivity index (χ2n) is 5.34. The highest BCUT2D eigenvalue weighted by molar-refractivity contribution is 9.10. The van der Waals surface area contributed by atoms with Gasteiger partial charge in [-0.2, -0.15) is 10.4 Å². The Balaban J connectivity index is 2.02. The minimum atomic E-state index is 0.550. The highest BCUT2D eigenvalue weighted by Crippen LogP contribution is 2.21. The highest BCUT2D eigenvalue weighted by Gasteiger charge is 2.20. The molecule has 1 saturated heterocycles. The number of hydrogen-bond donors (Lipinski definition) is 0. The summed E-state index contributed by atoms with van der Waals surface area (Å²) < 4.78 is 8.52. The van der Waals surface area contributed by atoms with Crippen LogP contribution in [0.5, 0.6) is 0 Å². The molecular formula is C14H21BrN4O. The molecule has 110 valence electrons. The summed E-state index contributed by atoms with van der Waals surface area (Å²) >= 11 is 3.56. The lowest BCUT2D eigenvalue weighted by Gasteiger charge is -2.24. The largest absolute Gasteiger partial charge is 0.381 e. The first kappa shape index (κ1) is 15.5. The molecule has 0 saturated carbocycles. The zero-order chi connectivity index (χ0) is 14.5. The van der Waals surface area contributed by atoms with Crippen LogP contribution < -0.4 is 0 Å². The lowest BCUT2D eigenvalue weighted by atomic mass is 10.1. The van der Waals surface area contributed by atoms with Crippen molar-refractivity contribution in [1.29, 1.82) is 5.26 Å². The van der Waals surface area contributed by atoms with E-state index in [1.54, 1.807) is 0 Å². The first-order valence-corrected chi connectivity index (χ1v) is 7.77. The molecular weight excluding hydrogens is 320 g/mol. The molecule has 0 radical (unpaired) electrons. The minimum absolute atomic E-state index is 0.550. The average Bonchev–Trinajstić information content (AvgIpc) is 3.01. The number of aryl methyl sites for hydroxylation is 1. The Morgan fingerprint density at radius 3 is 2.90 bits per heavy atom. The summed E-state index contributed by atoms with van der Waals surface area (Å²) in [6, 6.07) is 2.23. The minimum Gasteiger partial charge on any atom is -0.381 e. The van der Waals surface area contributed by atoms with Gasteiger partial charge in [-0.15, -0.1) is 0 Å². The van der Waals surface area contributed by atoms with Crippen LogP contribution in [0.2, 0.25) is 0 Å². The molecule has 2 rings (SSSR count). The molecule has 1 aromatic rings. The Kier molecular flexibility index (Phi) is 5.58. The maximum absolute atomic E-state index is 8.81. The number of nitriles is 1. The number of rotatable bonds is 6. The second kappa shape index (κ2) is 7.21. The molecule has 1 fully saturated rings. The molecule has 1 atom stereocenters. The average molecular weight is 341 g/mol. The van der Waals surface area contributed by atoms with Gasteiger partial charge >= 0.3 is 0 Å².